The fraction of sp³-hybridized carbons (Fsp3) is 0.189. The molecule has 0 bridgehead atoms. The first-order chi connectivity index (χ1) is 22.3. The average molecular weight is 646 g/mol. The fourth-order valence-corrected chi connectivity index (χ4v) is 10.5. The Morgan fingerprint density at radius 1 is 0.565 bits per heavy atom. The fourth-order valence-electron chi connectivity index (χ4n) is 5.85. The molecular formula is C37H36BF4O3P. The van der Waals surface area contributed by atoms with Gasteiger partial charge in [-0.1, -0.05) is 115 Å². The molecule has 1 fully saturated rings. The smallest absolute Gasteiger partial charge is 0.418 e. The average Bonchev–Trinajstić information content (AvgIpc) is 3.48. The van der Waals surface area contributed by atoms with Gasteiger partial charge < -0.3 is 31.5 Å². The Balaban J connectivity index is 0.000000775. The highest BCUT2D eigenvalue weighted by atomic mass is 31.2. The molecule has 0 unspecified atom stereocenters. The maximum Gasteiger partial charge on any atom is 0.673 e. The lowest BCUT2D eigenvalue weighted by atomic mass is 10.2. The van der Waals surface area contributed by atoms with Gasteiger partial charge in [0.05, 0.1) is 25.9 Å². The molecule has 3 atom stereocenters. The monoisotopic (exact) mass is 646 g/mol. The molecule has 0 aliphatic carbocycles. The molecule has 9 heteroatoms. The van der Waals surface area contributed by atoms with E-state index in [9.17, 15) is 17.3 Å². The quantitative estimate of drug-likeness (QED) is 0.0823. The number of hydrogen-bond donors (Lipinski definition) is 0. The summed E-state index contributed by atoms with van der Waals surface area (Å²) in [5.41, 5.74) is 2.32. The Labute approximate surface area is 268 Å². The van der Waals surface area contributed by atoms with Crippen molar-refractivity contribution in [3.05, 3.63) is 163 Å². The van der Waals surface area contributed by atoms with Crippen LogP contribution < -0.4 is 15.9 Å². The van der Waals surface area contributed by atoms with E-state index in [2.05, 4.69) is 127 Å². The van der Waals surface area contributed by atoms with Gasteiger partial charge in [-0.3, -0.25) is 0 Å². The predicted octanol–water partition coefficient (Wildman–Crippen LogP) is 8.20. The summed E-state index contributed by atoms with van der Waals surface area (Å²) in [5, 5.41) is 3.94. The van der Waals surface area contributed by atoms with Gasteiger partial charge in [0, 0.05) is 6.42 Å². The van der Waals surface area contributed by atoms with Gasteiger partial charge in [-0.25, -0.2) is 0 Å². The van der Waals surface area contributed by atoms with E-state index in [0.717, 1.165) is 17.5 Å². The van der Waals surface area contributed by atoms with Crippen molar-refractivity contribution in [1.29, 1.82) is 0 Å². The van der Waals surface area contributed by atoms with Crippen molar-refractivity contribution >= 4 is 30.4 Å². The summed E-state index contributed by atoms with van der Waals surface area (Å²) in [6, 6.07) is 53.5. The molecule has 1 aliphatic heterocycles. The number of halogens is 4. The predicted molar refractivity (Wildman–Crippen MR) is 180 cm³/mol. The van der Waals surface area contributed by atoms with E-state index >= 15 is 0 Å². The zero-order valence-corrected chi connectivity index (χ0v) is 26.1. The zero-order chi connectivity index (χ0) is 32.2. The highest BCUT2D eigenvalue weighted by Crippen LogP contribution is 2.63. The highest BCUT2D eigenvalue weighted by Gasteiger charge is 2.58. The number of benzene rings is 5. The number of hydrogen-bond acceptors (Lipinski definition) is 3. The largest absolute Gasteiger partial charge is 0.673 e. The summed E-state index contributed by atoms with van der Waals surface area (Å²) in [6.07, 6.45) is 0.521. The first kappa shape index (κ1) is 33.6. The van der Waals surface area contributed by atoms with Crippen LogP contribution in [0.1, 0.15) is 17.5 Å². The van der Waals surface area contributed by atoms with Gasteiger partial charge in [-0.2, -0.15) is 0 Å². The van der Waals surface area contributed by atoms with E-state index < -0.39 is 14.5 Å². The van der Waals surface area contributed by atoms with Gasteiger partial charge >= 0.3 is 7.25 Å². The topological polar surface area (TPSA) is 27.7 Å². The Morgan fingerprint density at radius 3 is 1.35 bits per heavy atom. The normalized spacial score (nSPS) is 18.0. The van der Waals surface area contributed by atoms with E-state index in [1.54, 1.807) is 0 Å². The minimum atomic E-state index is -6.00. The second kappa shape index (κ2) is 16.2. The van der Waals surface area contributed by atoms with Crippen molar-refractivity contribution in [2.75, 3.05) is 6.61 Å². The molecule has 238 valence electrons. The van der Waals surface area contributed by atoms with Gasteiger partial charge in [0.2, 0.25) is 0 Å². The molecule has 0 N–H and O–H groups in total. The summed E-state index contributed by atoms with van der Waals surface area (Å²) in [5.74, 6) is -0.0548. The third kappa shape index (κ3) is 8.92. The summed E-state index contributed by atoms with van der Waals surface area (Å²) in [4.78, 5) is 0. The first-order valence-corrected chi connectivity index (χ1v) is 17.1. The van der Waals surface area contributed by atoms with E-state index in [1.807, 2.05) is 24.3 Å². The van der Waals surface area contributed by atoms with Crippen LogP contribution in [0.4, 0.5) is 17.3 Å². The van der Waals surface area contributed by atoms with Crippen molar-refractivity contribution in [3.63, 3.8) is 0 Å². The van der Waals surface area contributed by atoms with Crippen molar-refractivity contribution in [2.24, 2.45) is 0 Å². The van der Waals surface area contributed by atoms with Crippen LogP contribution in [-0.2, 0) is 27.4 Å². The third-order valence-electron chi connectivity index (χ3n) is 7.80. The van der Waals surface area contributed by atoms with Crippen LogP contribution in [-0.4, -0.2) is 31.9 Å². The molecule has 1 saturated heterocycles. The molecule has 46 heavy (non-hydrogen) atoms. The third-order valence-corrected chi connectivity index (χ3v) is 12.3. The van der Waals surface area contributed by atoms with Gasteiger partial charge in [-0.15, -0.1) is 0 Å². The molecule has 1 heterocycles. The summed E-state index contributed by atoms with van der Waals surface area (Å²) in [6.45, 7) is 1.57. The molecule has 1 aliphatic rings. The van der Waals surface area contributed by atoms with Gasteiger partial charge in [0.1, 0.15) is 29.3 Å². The van der Waals surface area contributed by atoms with E-state index in [0.29, 0.717) is 19.8 Å². The number of ether oxygens (including phenoxy) is 3. The summed E-state index contributed by atoms with van der Waals surface area (Å²) < 4.78 is 59.1. The van der Waals surface area contributed by atoms with Crippen LogP contribution in [0.25, 0.3) is 0 Å². The van der Waals surface area contributed by atoms with Crippen molar-refractivity contribution < 1.29 is 31.5 Å². The first-order valence-electron chi connectivity index (χ1n) is 15.2. The molecule has 3 nitrogen and oxygen atoms in total. The highest BCUT2D eigenvalue weighted by molar-refractivity contribution is 7.96. The maximum atomic E-state index is 9.75. The van der Waals surface area contributed by atoms with Crippen LogP contribution in [0, 0.1) is 0 Å². The maximum absolute atomic E-state index is 9.75. The standard InChI is InChI=1S/C37H36O3P.BF4/c1-6-16-30(17-7-1)27-38-29-36-35(39-28-31-18-8-2-9-19-31)26-37(40-36)41(32-20-10-3-11-21-32,33-22-12-4-13-23-33)34-24-14-5-15-25-34;2-1(3,4)5/h1-25,35-37H,26-29H2;/q+1;-1/t35-,36+,37-;/m0./s1. The summed E-state index contributed by atoms with van der Waals surface area (Å²) in [7, 11) is -8.22. The van der Waals surface area contributed by atoms with Crippen molar-refractivity contribution in [3.8, 4) is 0 Å². The SMILES string of the molecule is F[B-](F)(F)F.c1ccc(COC[C@H]2O[C@@H]([P+](c3ccccc3)(c3ccccc3)c3ccccc3)C[C@@H]2OCc2ccccc2)cc1. The molecule has 5 aromatic rings. The van der Waals surface area contributed by atoms with Crippen LogP contribution in [0.3, 0.4) is 0 Å². The van der Waals surface area contributed by atoms with Crippen LogP contribution in [0.15, 0.2) is 152 Å². The molecule has 0 saturated carbocycles. The van der Waals surface area contributed by atoms with Gasteiger partial charge in [-0.05, 0) is 47.5 Å². The van der Waals surface area contributed by atoms with Gasteiger partial charge in [0.15, 0.2) is 5.85 Å². The van der Waals surface area contributed by atoms with Crippen molar-refractivity contribution in [1.82, 2.24) is 0 Å². The Hall–Kier alpha value is -3.81. The molecule has 6 rings (SSSR count). The minimum absolute atomic E-state index is 0.0548. The summed E-state index contributed by atoms with van der Waals surface area (Å²) >= 11 is 0. The molecular weight excluding hydrogens is 610 g/mol. The molecule has 0 radical (unpaired) electrons. The molecule has 5 aromatic carbocycles. The molecule has 0 amide bonds. The van der Waals surface area contributed by atoms with Crippen LogP contribution >= 0.6 is 7.26 Å². The lowest BCUT2D eigenvalue weighted by molar-refractivity contribution is -0.0628. The minimum Gasteiger partial charge on any atom is -0.418 e. The Bertz CT molecular complexity index is 1480. The second-order valence-electron chi connectivity index (χ2n) is 10.9. The van der Waals surface area contributed by atoms with Gasteiger partial charge in [0.25, 0.3) is 0 Å². The van der Waals surface area contributed by atoms with Crippen LogP contribution in [0.2, 0.25) is 0 Å². The number of rotatable bonds is 11. The van der Waals surface area contributed by atoms with Crippen molar-refractivity contribution in [2.45, 2.75) is 37.7 Å². The Morgan fingerprint density at radius 2 is 0.935 bits per heavy atom. The zero-order valence-electron chi connectivity index (χ0n) is 25.3. The lowest BCUT2D eigenvalue weighted by Crippen LogP contribution is -2.39. The van der Waals surface area contributed by atoms with Crippen LogP contribution in [0.5, 0.6) is 0 Å². The Kier molecular flexibility index (Phi) is 11.8. The lowest BCUT2D eigenvalue weighted by Gasteiger charge is -2.32. The molecule has 0 spiro atoms. The second-order valence-corrected chi connectivity index (χ2v) is 14.5. The van der Waals surface area contributed by atoms with E-state index in [4.69, 9.17) is 14.2 Å². The molecule has 0 aromatic heterocycles. The van der Waals surface area contributed by atoms with E-state index in [-0.39, 0.29) is 18.1 Å². The van der Waals surface area contributed by atoms with E-state index in [1.165, 1.54) is 15.9 Å².